The standard InChI is InChI=1S/C8H9ClO2S/c1-5(10)7-3-6(4-11-2)8(9)12-7/h3H,4H2,1-2H3. The van der Waals surface area contributed by atoms with Crippen molar-refractivity contribution >= 4 is 28.7 Å². The van der Waals surface area contributed by atoms with Crippen LogP contribution in [0.25, 0.3) is 0 Å². The molecule has 0 spiro atoms. The number of Topliss-reactive ketones (excluding diaryl/α,β-unsaturated/α-hetero) is 1. The van der Waals surface area contributed by atoms with Crippen LogP contribution in [0.3, 0.4) is 0 Å². The molecule has 4 heteroatoms. The Labute approximate surface area is 80.1 Å². The Morgan fingerprint density at radius 3 is 2.83 bits per heavy atom. The molecule has 0 N–H and O–H groups in total. The summed E-state index contributed by atoms with van der Waals surface area (Å²) in [6.45, 7) is 1.99. The molecule has 0 aliphatic carbocycles. The van der Waals surface area contributed by atoms with E-state index in [1.165, 1.54) is 18.3 Å². The van der Waals surface area contributed by atoms with E-state index in [1.807, 2.05) is 0 Å². The van der Waals surface area contributed by atoms with Crippen molar-refractivity contribution in [2.24, 2.45) is 0 Å². The molecule has 0 saturated carbocycles. The SMILES string of the molecule is COCc1cc(C(C)=O)sc1Cl. The zero-order valence-electron chi connectivity index (χ0n) is 6.89. The maximum absolute atomic E-state index is 10.9. The van der Waals surface area contributed by atoms with Crippen LogP contribution >= 0.6 is 22.9 Å². The molecule has 0 fully saturated rings. The van der Waals surface area contributed by atoms with Gasteiger partial charge in [-0.15, -0.1) is 11.3 Å². The molecule has 0 amide bonds. The van der Waals surface area contributed by atoms with E-state index in [4.69, 9.17) is 16.3 Å². The fourth-order valence-corrected chi connectivity index (χ4v) is 1.98. The van der Waals surface area contributed by atoms with Crippen molar-refractivity contribution in [3.05, 3.63) is 20.8 Å². The van der Waals surface area contributed by atoms with Crippen LogP contribution in [0.5, 0.6) is 0 Å². The first kappa shape index (κ1) is 9.71. The van der Waals surface area contributed by atoms with E-state index in [0.29, 0.717) is 15.8 Å². The highest BCUT2D eigenvalue weighted by atomic mass is 35.5. The van der Waals surface area contributed by atoms with Gasteiger partial charge in [0.05, 0.1) is 15.8 Å². The zero-order chi connectivity index (χ0) is 9.14. The Bertz CT molecular complexity index is 293. The van der Waals surface area contributed by atoms with E-state index in [0.717, 1.165) is 5.56 Å². The number of ketones is 1. The van der Waals surface area contributed by atoms with Crippen LogP contribution in [0.2, 0.25) is 4.34 Å². The van der Waals surface area contributed by atoms with Crippen LogP contribution in [-0.2, 0) is 11.3 Å². The van der Waals surface area contributed by atoms with Gasteiger partial charge in [-0.05, 0) is 13.0 Å². The summed E-state index contributed by atoms with van der Waals surface area (Å²) in [5, 5.41) is 0. The summed E-state index contributed by atoms with van der Waals surface area (Å²) in [5.74, 6) is 0.0456. The minimum Gasteiger partial charge on any atom is -0.380 e. The molecule has 0 bridgehead atoms. The third-order valence-corrected chi connectivity index (χ3v) is 2.95. The number of carbonyl (C=O) groups excluding carboxylic acids is 1. The maximum Gasteiger partial charge on any atom is 0.169 e. The van der Waals surface area contributed by atoms with Crippen molar-refractivity contribution in [3.63, 3.8) is 0 Å². The second-order valence-corrected chi connectivity index (χ2v) is 4.05. The Hall–Kier alpha value is -0.380. The molecule has 1 aromatic heterocycles. The fourth-order valence-electron chi connectivity index (χ4n) is 0.834. The van der Waals surface area contributed by atoms with E-state index in [-0.39, 0.29) is 5.78 Å². The first-order valence-corrected chi connectivity index (χ1v) is 4.62. The first-order chi connectivity index (χ1) is 5.65. The predicted molar refractivity (Wildman–Crippen MR) is 50.0 cm³/mol. The lowest BCUT2D eigenvalue weighted by Crippen LogP contribution is -1.87. The highest BCUT2D eigenvalue weighted by molar-refractivity contribution is 7.18. The highest BCUT2D eigenvalue weighted by Crippen LogP contribution is 2.28. The van der Waals surface area contributed by atoms with Gasteiger partial charge in [0.15, 0.2) is 5.78 Å². The average Bonchev–Trinajstić information content (AvgIpc) is 2.34. The molecule has 1 rings (SSSR count). The summed E-state index contributed by atoms with van der Waals surface area (Å²) >= 11 is 7.15. The third kappa shape index (κ3) is 2.06. The lowest BCUT2D eigenvalue weighted by molar-refractivity contribution is 0.102. The van der Waals surface area contributed by atoms with Crippen LogP contribution in [0, 0.1) is 0 Å². The number of ether oxygens (including phenoxy) is 1. The summed E-state index contributed by atoms with van der Waals surface area (Å²) in [7, 11) is 1.60. The van der Waals surface area contributed by atoms with Gasteiger partial charge in [0.25, 0.3) is 0 Å². The molecule has 0 saturated heterocycles. The van der Waals surface area contributed by atoms with Crippen LogP contribution < -0.4 is 0 Å². The van der Waals surface area contributed by atoms with Gasteiger partial charge in [-0.1, -0.05) is 11.6 Å². The highest BCUT2D eigenvalue weighted by Gasteiger charge is 2.09. The summed E-state index contributed by atoms with van der Waals surface area (Å²) in [4.78, 5) is 11.6. The van der Waals surface area contributed by atoms with Gasteiger partial charge in [0, 0.05) is 12.7 Å². The number of hydrogen-bond acceptors (Lipinski definition) is 3. The molecule has 66 valence electrons. The van der Waals surface area contributed by atoms with E-state index in [1.54, 1.807) is 13.2 Å². The number of rotatable bonds is 3. The van der Waals surface area contributed by atoms with E-state index >= 15 is 0 Å². The zero-order valence-corrected chi connectivity index (χ0v) is 8.46. The summed E-state index contributed by atoms with van der Waals surface area (Å²) in [6.07, 6.45) is 0. The number of carbonyl (C=O) groups is 1. The molecule has 0 aromatic carbocycles. The Balaban J connectivity index is 2.92. The molecule has 2 nitrogen and oxygen atoms in total. The Morgan fingerprint density at radius 1 is 1.75 bits per heavy atom. The minimum atomic E-state index is 0.0456. The van der Waals surface area contributed by atoms with Gasteiger partial charge in [-0.3, -0.25) is 4.79 Å². The number of methoxy groups -OCH3 is 1. The van der Waals surface area contributed by atoms with Gasteiger partial charge < -0.3 is 4.74 Å². The first-order valence-electron chi connectivity index (χ1n) is 3.43. The van der Waals surface area contributed by atoms with Crippen molar-refractivity contribution in [2.45, 2.75) is 13.5 Å². The van der Waals surface area contributed by atoms with Gasteiger partial charge in [0.2, 0.25) is 0 Å². The second kappa shape index (κ2) is 4.03. The van der Waals surface area contributed by atoms with E-state index in [9.17, 15) is 4.79 Å². The smallest absolute Gasteiger partial charge is 0.169 e. The monoisotopic (exact) mass is 204 g/mol. The lowest BCUT2D eigenvalue weighted by Gasteiger charge is -1.93. The fraction of sp³-hybridized carbons (Fsp3) is 0.375. The van der Waals surface area contributed by atoms with Crippen molar-refractivity contribution < 1.29 is 9.53 Å². The van der Waals surface area contributed by atoms with Gasteiger partial charge >= 0.3 is 0 Å². The molecular weight excluding hydrogens is 196 g/mol. The molecule has 1 heterocycles. The average molecular weight is 205 g/mol. The van der Waals surface area contributed by atoms with Crippen molar-refractivity contribution in [3.8, 4) is 0 Å². The van der Waals surface area contributed by atoms with Crippen molar-refractivity contribution in [2.75, 3.05) is 7.11 Å². The molecule has 0 aliphatic heterocycles. The molecule has 1 aromatic rings. The number of halogens is 1. The van der Waals surface area contributed by atoms with Crippen LogP contribution in [-0.4, -0.2) is 12.9 Å². The van der Waals surface area contributed by atoms with E-state index < -0.39 is 0 Å². The van der Waals surface area contributed by atoms with Crippen molar-refractivity contribution in [1.29, 1.82) is 0 Å². The molecule has 0 radical (unpaired) electrons. The summed E-state index contributed by atoms with van der Waals surface area (Å²) in [6, 6.07) is 1.78. The maximum atomic E-state index is 10.9. The third-order valence-electron chi connectivity index (χ3n) is 1.40. The van der Waals surface area contributed by atoms with Gasteiger partial charge in [-0.25, -0.2) is 0 Å². The quantitative estimate of drug-likeness (QED) is 0.708. The Morgan fingerprint density at radius 2 is 2.42 bits per heavy atom. The number of hydrogen-bond donors (Lipinski definition) is 0. The van der Waals surface area contributed by atoms with Crippen molar-refractivity contribution in [1.82, 2.24) is 0 Å². The Kier molecular flexibility index (Phi) is 3.26. The second-order valence-electron chi connectivity index (χ2n) is 2.40. The van der Waals surface area contributed by atoms with E-state index in [2.05, 4.69) is 0 Å². The van der Waals surface area contributed by atoms with Crippen LogP contribution in [0.4, 0.5) is 0 Å². The largest absolute Gasteiger partial charge is 0.380 e. The molecule has 0 atom stereocenters. The molecule has 0 unspecified atom stereocenters. The predicted octanol–water partition coefficient (Wildman–Crippen LogP) is 2.75. The summed E-state index contributed by atoms with van der Waals surface area (Å²) < 4.78 is 5.55. The minimum absolute atomic E-state index is 0.0456. The summed E-state index contributed by atoms with van der Waals surface area (Å²) in [5.41, 5.74) is 0.884. The van der Waals surface area contributed by atoms with Gasteiger partial charge in [-0.2, -0.15) is 0 Å². The normalized spacial score (nSPS) is 10.2. The topological polar surface area (TPSA) is 26.3 Å². The molecule has 0 aliphatic rings. The van der Waals surface area contributed by atoms with Crippen LogP contribution in [0.1, 0.15) is 22.2 Å². The lowest BCUT2D eigenvalue weighted by atomic mass is 10.3. The van der Waals surface area contributed by atoms with Gasteiger partial charge in [0.1, 0.15) is 0 Å². The molecular formula is C8H9ClO2S. The van der Waals surface area contributed by atoms with Crippen LogP contribution in [0.15, 0.2) is 6.07 Å². The molecule has 12 heavy (non-hydrogen) atoms. The number of thiophene rings is 1.